The van der Waals surface area contributed by atoms with E-state index in [0.29, 0.717) is 0 Å². The van der Waals surface area contributed by atoms with Gasteiger partial charge in [-0.05, 0) is 132 Å². The van der Waals surface area contributed by atoms with E-state index in [2.05, 4.69) is 291 Å². The molecule has 0 aliphatic carbocycles. The highest BCUT2D eigenvalue weighted by Gasteiger charge is 2.22. The third-order valence-electron chi connectivity index (χ3n) is 13.6. The number of nitrogens with zero attached hydrogens (tertiary/aromatic N) is 2. The molecular formula is C70H70N2S2+2. The van der Waals surface area contributed by atoms with E-state index in [4.69, 9.17) is 0 Å². The first kappa shape index (κ1) is 51.7. The van der Waals surface area contributed by atoms with Gasteiger partial charge in [0, 0.05) is 67.8 Å². The van der Waals surface area contributed by atoms with Crippen LogP contribution in [0.3, 0.4) is 0 Å². The van der Waals surface area contributed by atoms with E-state index in [9.17, 15) is 0 Å². The molecule has 0 aliphatic rings. The maximum Gasteiger partial charge on any atom is 0.157 e. The van der Waals surface area contributed by atoms with Crippen molar-refractivity contribution in [3.63, 3.8) is 0 Å². The first-order chi connectivity index (χ1) is 36.4. The molecule has 0 fully saturated rings. The molecule has 0 amide bonds. The Bertz CT molecular complexity index is 2960. The number of unbranched alkanes of at least 4 members (excludes halogenated alkanes) is 2. The van der Waals surface area contributed by atoms with Gasteiger partial charge in [0.15, 0.2) is 9.79 Å². The van der Waals surface area contributed by atoms with Crippen LogP contribution in [-0.4, -0.2) is 12.5 Å². The van der Waals surface area contributed by atoms with Crippen molar-refractivity contribution in [1.29, 1.82) is 0 Å². The minimum absolute atomic E-state index is 0.0700. The molecule has 74 heavy (non-hydrogen) atoms. The van der Waals surface area contributed by atoms with Gasteiger partial charge in [0.1, 0.15) is 24.0 Å². The summed E-state index contributed by atoms with van der Waals surface area (Å²) >= 11 is 0. The van der Waals surface area contributed by atoms with Crippen molar-refractivity contribution in [3.05, 3.63) is 275 Å². The molecule has 2 unspecified atom stereocenters. The Balaban J connectivity index is 0.881. The summed E-state index contributed by atoms with van der Waals surface area (Å²) in [4.78, 5) is 7.54. The smallest absolute Gasteiger partial charge is 0.157 e. The Morgan fingerprint density at radius 2 is 0.622 bits per heavy atom. The number of rotatable bonds is 22. The molecule has 0 bridgehead atoms. The van der Waals surface area contributed by atoms with E-state index in [0.717, 1.165) is 46.8 Å². The van der Waals surface area contributed by atoms with Gasteiger partial charge in [0.25, 0.3) is 0 Å². The van der Waals surface area contributed by atoms with Crippen molar-refractivity contribution in [1.82, 2.24) is 0 Å². The first-order valence-corrected chi connectivity index (χ1v) is 30.0. The molecule has 2 atom stereocenters. The zero-order chi connectivity index (χ0) is 50.9. The summed E-state index contributed by atoms with van der Waals surface area (Å²) in [6, 6.07) is 85.1. The predicted molar refractivity (Wildman–Crippen MR) is 327 cm³/mol. The molecule has 4 heteroatoms. The molecule has 0 heterocycles. The summed E-state index contributed by atoms with van der Waals surface area (Å²) in [5.74, 6) is 2.07. The Morgan fingerprint density at radius 3 is 0.946 bits per heavy atom. The maximum absolute atomic E-state index is 2.40. The van der Waals surface area contributed by atoms with E-state index >= 15 is 0 Å². The van der Waals surface area contributed by atoms with Gasteiger partial charge in [-0.15, -0.1) is 0 Å². The maximum atomic E-state index is 2.40. The summed E-state index contributed by atoms with van der Waals surface area (Å²) in [5.41, 5.74) is 17.2. The normalized spacial score (nSPS) is 12.3. The molecular weight excluding hydrogens is 933 g/mol. The van der Waals surface area contributed by atoms with Crippen LogP contribution in [0.5, 0.6) is 0 Å². The average Bonchev–Trinajstić information content (AvgIpc) is 3.45. The van der Waals surface area contributed by atoms with Crippen LogP contribution in [0.25, 0.3) is 24.3 Å². The molecule has 0 N–H and O–H groups in total. The zero-order valence-corrected chi connectivity index (χ0v) is 45.2. The second-order valence-corrected chi connectivity index (χ2v) is 23.3. The Labute approximate surface area is 448 Å². The highest BCUT2D eigenvalue weighted by atomic mass is 32.2. The van der Waals surface area contributed by atoms with Crippen molar-refractivity contribution in [2.24, 2.45) is 0 Å². The second-order valence-electron chi connectivity index (χ2n) is 19.3. The van der Waals surface area contributed by atoms with E-state index in [1.54, 1.807) is 0 Å². The van der Waals surface area contributed by atoms with Crippen LogP contribution in [0.1, 0.15) is 84.0 Å². The van der Waals surface area contributed by atoms with Gasteiger partial charge in [-0.2, -0.15) is 0 Å². The highest BCUT2D eigenvalue weighted by molar-refractivity contribution is 7.95. The van der Waals surface area contributed by atoms with Crippen molar-refractivity contribution in [2.45, 2.75) is 73.7 Å². The lowest BCUT2D eigenvalue weighted by Gasteiger charge is -2.26. The third kappa shape index (κ3) is 14.1. The van der Waals surface area contributed by atoms with E-state index in [1.807, 2.05) is 0 Å². The minimum Gasteiger partial charge on any atom is -0.310 e. The molecule has 0 aromatic heterocycles. The first-order valence-electron chi connectivity index (χ1n) is 26.4. The van der Waals surface area contributed by atoms with E-state index < -0.39 is 0 Å². The zero-order valence-electron chi connectivity index (χ0n) is 43.6. The molecule has 9 rings (SSSR count). The number of benzene rings is 9. The van der Waals surface area contributed by atoms with Crippen molar-refractivity contribution in [3.8, 4) is 0 Å². The van der Waals surface area contributed by atoms with Crippen LogP contribution < -0.4 is 9.80 Å². The van der Waals surface area contributed by atoms with Gasteiger partial charge in [-0.3, -0.25) is 0 Å². The van der Waals surface area contributed by atoms with Gasteiger partial charge < -0.3 is 9.80 Å². The Kier molecular flexibility index (Phi) is 18.2. The molecule has 0 saturated heterocycles. The molecule has 0 saturated carbocycles. The standard InChI is InChI=1S/C70H70N2S2/c1-5-7-17-55-35-43-63(44-36-55)71(67-23-15-25-69(51-67)73(3)53-61-19-11-9-12-20-61)65-47-39-59(40-48-65)33-31-57-27-29-58(30-28-57)32-34-60-41-49-66(50-42-60)72(64-45-37-56(38-46-64)18-8-6-2)68-24-16-26-70(52-68)74(4)54-62-21-13-10-14-22-62/h9-16,19-52H,5-8,17-18,53-54H2,1-4H3/q+2/b33-31+,34-32+. The molecule has 2 nitrogen and oxygen atoms in total. The molecule has 9 aromatic carbocycles. The molecule has 0 spiro atoms. The molecule has 0 aliphatic heterocycles. The summed E-state index contributed by atoms with van der Waals surface area (Å²) in [7, 11) is 0.140. The van der Waals surface area contributed by atoms with Gasteiger partial charge in [0.2, 0.25) is 0 Å². The van der Waals surface area contributed by atoms with Gasteiger partial charge in [0.05, 0.1) is 11.4 Å². The van der Waals surface area contributed by atoms with Crippen molar-refractivity contribution >= 4 is 80.2 Å². The van der Waals surface area contributed by atoms with Gasteiger partial charge >= 0.3 is 0 Å². The van der Waals surface area contributed by atoms with Crippen LogP contribution in [0.15, 0.2) is 240 Å². The number of hydrogen-bond donors (Lipinski definition) is 0. The number of aryl methyl sites for hydroxylation is 2. The van der Waals surface area contributed by atoms with Crippen LogP contribution >= 0.6 is 0 Å². The fourth-order valence-corrected chi connectivity index (χ4v) is 12.3. The van der Waals surface area contributed by atoms with Crippen LogP contribution in [0.4, 0.5) is 34.1 Å². The van der Waals surface area contributed by atoms with Crippen LogP contribution in [0, 0.1) is 0 Å². The SMILES string of the molecule is CCCCc1ccc(N(c2ccc(/C=C/c3ccc(/C=C/c4ccc(N(c5ccc(CCCC)cc5)c5cccc([S+](C)Cc6ccccc6)c5)cc4)cc3)cc2)c2cccc([S+](C)Cc3ccccc3)c2)cc1. The van der Waals surface area contributed by atoms with Crippen molar-refractivity contribution < 1.29 is 0 Å². The lowest BCUT2D eigenvalue weighted by molar-refractivity contribution is 0.795. The molecule has 0 radical (unpaired) electrons. The van der Waals surface area contributed by atoms with Gasteiger partial charge in [-0.1, -0.05) is 197 Å². The molecule has 9 aromatic rings. The fraction of sp³-hybridized carbons (Fsp3) is 0.171. The Morgan fingerprint density at radius 1 is 0.311 bits per heavy atom. The number of hydrogen-bond acceptors (Lipinski definition) is 2. The summed E-state index contributed by atoms with van der Waals surface area (Å²) < 4.78 is 0. The van der Waals surface area contributed by atoms with Crippen LogP contribution in [-0.2, 0) is 46.1 Å². The lowest BCUT2D eigenvalue weighted by atomic mass is 10.1. The Hall–Kier alpha value is -7.24. The van der Waals surface area contributed by atoms with Crippen LogP contribution in [0.2, 0.25) is 0 Å². The lowest BCUT2D eigenvalue weighted by Crippen LogP contribution is -2.11. The predicted octanol–water partition coefficient (Wildman–Crippen LogP) is 19.3. The minimum atomic E-state index is 0.0700. The summed E-state index contributed by atoms with van der Waals surface area (Å²) in [6.45, 7) is 4.52. The quantitative estimate of drug-likeness (QED) is 0.0493. The highest BCUT2D eigenvalue weighted by Crippen LogP contribution is 2.38. The summed E-state index contributed by atoms with van der Waals surface area (Å²) in [6.07, 6.45) is 20.6. The number of anilines is 6. The average molecular weight is 1000 g/mol. The largest absolute Gasteiger partial charge is 0.310 e. The second kappa shape index (κ2) is 26.1. The third-order valence-corrected chi connectivity index (χ3v) is 17.3. The van der Waals surface area contributed by atoms with Crippen molar-refractivity contribution in [2.75, 3.05) is 22.3 Å². The van der Waals surface area contributed by atoms with E-state index in [1.165, 1.54) is 91.6 Å². The molecule has 370 valence electrons. The monoisotopic (exact) mass is 1000 g/mol. The fourth-order valence-electron chi connectivity index (χ4n) is 9.35. The summed E-state index contributed by atoms with van der Waals surface area (Å²) in [5, 5.41) is 0. The van der Waals surface area contributed by atoms with E-state index in [-0.39, 0.29) is 21.8 Å². The van der Waals surface area contributed by atoms with Gasteiger partial charge in [-0.25, -0.2) is 0 Å². The topological polar surface area (TPSA) is 6.48 Å².